The second-order valence-corrected chi connectivity index (χ2v) is 9.13. The summed E-state index contributed by atoms with van der Waals surface area (Å²) in [6, 6.07) is 10.3. The van der Waals surface area contributed by atoms with Gasteiger partial charge in [-0.15, -0.1) is 0 Å². The molecule has 0 aromatic heterocycles. The normalized spacial score (nSPS) is 29.2. The number of hydrogen-bond donors (Lipinski definition) is 5. The number of carbonyl (C=O) groups is 1. The maximum atomic E-state index is 12.9. The molecule has 5 N–H and O–H groups in total. The van der Waals surface area contributed by atoms with Gasteiger partial charge in [-0.1, -0.05) is 12.1 Å². The smallest absolute Gasteiger partial charge is 0.186 e. The van der Waals surface area contributed by atoms with Gasteiger partial charge in [0.15, 0.2) is 29.3 Å². The predicted molar refractivity (Wildman–Crippen MR) is 126 cm³/mol. The standard InChI is InChI=1S/C26H32O10/c1-33-21-11-14-2-6-16(28)12-17(34-26-25(32)24(31)23(30)22(13-27)36-26)7-3-15-4-8-18(29)20(10-15)35-19(21)9-5-14/h4-5,8-11,17,22-27,29-32H,2-3,6-7,12-13H2,1H3/t17-,22+,23+,24-,25+,26+/m0/s1. The van der Waals surface area contributed by atoms with Crippen LogP contribution in [0.15, 0.2) is 36.4 Å². The van der Waals surface area contributed by atoms with Crippen molar-refractivity contribution in [1.82, 2.24) is 0 Å². The second-order valence-electron chi connectivity index (χ2n) is 9.13. The summed E-state index contributed by atoms with van der Waals surface area (Å²) in [5.74, 6) is 1.04. The van der Waals surface area contributed by atoms with Crippen LogP contribution in [0.2, 0.25) is 0 Å². The molecule has 0 unspecified atom stereocenters. The van der Waals surface area contributed by atoms with Gasteiger partial charge in [0.25, 0.3) is 0 Å². The largest absolute Gasteiger partial charge is 0.504 e. The Morgan fingerprint density at radius 3 is 2.44 bits per heavy atom. The van der Waals surface area contributed by atoms with E-state index in [1.807, 2.05) is 6.07 Å². The summed E-state index contributed by atoms with van der Waals surface area (Å²) >= 11 is 0. The van der Waals surface area contributed by atoms with Gasteiger partial charge >= 0.3 is 0 Å². The first kappa shape index (κ1) is 26.3. The molecular weight excluding hydrogens is 472 g/mol. The van der Waals surface area contributed by atoms with Crippen molar-refractivity contribution in [3.8, 4) is 23.0 Å². The summed E-state index contributed by atoms with van der Waals surface area (Å²) in [6.45, 7) is -0.577. The minimum Gasteiger partial charge on any atom is -0.504 e. The minimum atomic E-state index is -1.58. The Bertz CT molecular complexity index is 1060. The number of ether oxygens (including phenoxy) is 4. The van der Waals surface area contributed by atoms with E-state index >= 15 is 0 Å². The average molecular weight is 505 g/mol. The fourth-order valence-electron chi connectivity index (χ4n) is 4.42. The fraction of sp³-hybridized carbons (Fsp3) is 0.500. The first-order valence-electron chi connectivity index (χ1n) is 11.9. The molecule has 36 heavy (non-hydrogen) atoms. The highest BCUT2D eigenvalue weighted by molar-refractivity contribution is 5.79. The van der Waals surface area contributed by atoms with E-state index in [9.17, 15) is 30.3 Å². The third-order valence-corrected chi connectivity index (χ3v) is 6.55. The van der Waals surface area contributed by atoms with Crippen molar-refractivity contribution < 1.29 is 49.3 Å². The Hall–Kier alpha value is -2.73. The molecule has 3 aliphatic rings. The number of aromatic hydroxyl groups is 1. The summed E-state index contributed by atoms with van der Waals surface area (Å²) in [6.07, 6.45) is -6.23. The van der Waals surface area contributed by atoms with Gasteiger partial charge in [0.05, 0.1) is 19.8 Å². The zero-order valence-electron chi connectivity index (χ0n) is 19.9. The van der Waals surface area contributed by atoms with E-state index in [4.69, 9.17) is 18.9 Å². The van der Waals surface area contributed by atoms with Crippen molar-refractivity contribution in [2.24, 2.45) is 0 Å². The van der Waals surface area contributed by atoms with E-state index in [-0.39, 0.29) is 30.1 Å². The summed E-state index contributed by atoms with van der Waals surface area (Å²) in [5.41, 5.74) is 1.68. The molecular formula is C26H32O10. The number of fused-ring (bicyclic) bond motifs is 8. The van der Waals surface area contributed by atoms with Gasteiger partial charge in [0.2, 0.25) is 0 Å². The molecule has 10 nitrogen and oxygen atoms in total. The van der Waals surface area contributed by atoms with E-state index in [1.165, 1.54) is 13.2 Å². The second kappa shape index (κ2) is 11.5. The Balaban J connectivity index is 1.59. The van der Waals surface area contributed by atoms with Crippen molar-refractivity contribution in [2.45, 2.75) is 68.9 Å². The molecule has 3 aliphatic heterocycles. The lowest BCUT2D eigenvalue weighted by Crippen LogP contribution is -2.59. The highest BCUT2D eigenvalue weighted by atomic mass is 16.7. The fourth-order valence-corrected chi connectivity index (χ4v) is 4.42. The van der Waals surface area contributed by atoms with E-state index < -0.39 is 43.4 Å². The number of rotatable bonds is 4. The quantitative estimate of drug-likeness (QED) is 0.410. The molecule has 4 bridgehead atoms. The zero-order valence-corrected chi connectivity index (χ0v) is 19.9. The third kappa shape index (κ3) is 5.97. The number of phenolic OH excluding ortho intramolecular Hbond substituents is 1. The van der Waals surface area contributed by atoms with Crippen LogP contribution in [-0.2, 0) is 27.1 Å². The number of Topliss-reactive ketones (excluding diaryl/α,β-unsaturated/α-hetero) is 1. The number of phenols is 1. The van der Waals surface area contributed by atoms with Gasteiger partial charge in [-0.2, -0.15) is 0 Å². The van der Waals surface area contributed by atoms with Crippen molar-refractivity contribution in [3.63, 3.8) is 0 Å². The van der Waals surface area contributed by atoms with Crippen molar-refractivity contribution >= 4 is 5.78 Å². The number of methoxy groups -OCH3 is 1. The highest BCUT2D eigenvalue weighted by Gasteiger charge is 2.44. The molecule has 2 aromatic carbocycles. The summed E-state index contributed by atoms with van der Waals surface area (Å²) in [4.78, 5) is 12.9. The lowest BCUT2D eigenvalue weighted by Gasteiger charge is -2.40. The number of aliphatic hydroxyl groups is 4. The summed E-state index contributed by atoms with van der Waals surface area (Å²) in [5, 5.41) is 50.3. The van der Waals surface area contributed by atoms with E-state index in [2.05, 4.69) is 0 Å². The molecule has 2 aromatic rings. The summed E-state index contributed by atoms with van der Waals surface area (Å²) in [7, 11) is 1.52. The molecule has 196 valence electrons. The average Bonchev–Trinajstić information content (AvgIpc) is 2.88. The molecule has 0 spiro atoms. The van der Waals surface area contributed by atoms with Crippen LogP contribution in [0.5, 0.6) is 23.0 Å². The summed E-state index contributed by atoms with van der Waals surface area (Å²) < 4.78 is 22.8. The van der Waals surface area contributed by atoms with E-state index in [0.717, 1.165) is 11.1 Å². The Kier molecular flexibility index (Phi) is 8.45. The molecule has 0 radical (unpaired) electrons. The van der Waals surface area contributed by atoms with Crippen LogP contribution >= 0.6 is 0 Å². The van der Waals surface area contributed by atoms with Crippen LogP contribution in [0, 0.1) is 0 Å². The van der Waals surface area contributed by atoms with Crippen LogP contribution in [-0.4, -0.2) is 81.8 Å². The highest BCUT2D eigenvalue weighted by Crippen LogP contribution is 2.37. The van der Waals surface area contributed by atoms with Crippen molar-refractivity contribution in [1.29, 1.82) is 0 Å². The predicted octanol–water partition coefficient (Wildman–Crippen LogP) is 1.22. The Morgan fingerprint density at radius 2 is 1.69 bits per heavy atom. The van der Waals surface area contributed by atoms with Crippen LogP contribution in [0.4, 0.5) is 0 Å². The Labute approximate surface area is 208 Å². The number of hydrogen-bond acceptors (Lipinski definition) is 10. The van der Waals surface area contributed by atoms with Gasteiger partial charge in [0.1, 0.15) is 30.2 Å². The molecule has 1 fully saturated rings. The molecule has 10 heteroatoms. The monoisotopic (exact) mass is 504 g/mol. The lowest BCUT2D eigenvalue weighted by atomic mass is 9.98. The third-order valence-electron chi connectivity index (χ3n) is 6.55. The SMILES string of the molecule is COc1cc2ccc1Oc1cc(ccc1O)CC[C@H](O[C@@H]1O[C@H](CO)[C@@H](O)[C@H](O)[C@H]1O)CC(=O)CC2. The molecule has 6 atom stereocenters. The van der Waals surface area contributed by atoms with E-state index in [1.54, 1.807) is 24.3 Å². The molecule has 3 heterocycles. The molecule has 0 aliphatic carbocycles. The van der Waals surface area contributed by atoms with Crippen LogP contribution < -0.4 is 9.47 Å². The number of ketones is 1. The van der Waals surface area contributed by atoms with Crippen LogP contribution in [0.25, 0.3) is 0 Å². The zero-order chi connectivity index (χ0) is 25.8. The van der Waals surface area contributed by atoms with E-state index in [0.29, 0.717) is 30.8 Å². The van der Waals surface area contributed by atoms with Gasteiger partial charge in [-0.05, 0) is 54.7 Å². The van der Waals surface area contributed by atoms with Gasteiger partial charge in [-0.3, -0.25) is 4.79 Å². The number of aryl methyl sites for hydroxylation is 2. The van der Waals surface area contributed by atoms with Crippen molar-refractivity contribution in [2.75, 3.05) is 13.7 Å². The maximum Gasteiger partial charge on any atom is 0.186 e. The first-order valence-corrected chi connectivity index (χ1v) is 11.9. The molecule has 5 rings (SSSR count). The van der Waals surface area contributed by atoms with Gasteiger partial charge in [0, 0.05) is 12.8 Å². The molecule has 0 amide bonds. The number of benzene rings is 2. The maximum absolute atomic E-state index is 12.9. The minimum absolute atomic E-state index is 0.0334. The molecule has 1 saturated heterocycles. The molecule has 0 saturated carbocycles. The Morgan fingerprint density at radius 1 is 0.944 bits per heavy atom. The van der Waals surface area contributed by atoms with Gasteiger partial charge in [-0.25, -0.2) is 0 Å². The van der Waals surface area contributed by atoms with Gasteiger partial charge < -0.3 is 44.5 Å². The number of aliphatic hydroxyl groups excluding tert-OH is 4. The van der Waals surface area contributed by atoms with Crippen LogP contribution in [0.3, 0.4) is 0 Å². The lowest BCUT2D eigenvalue weighted by molar-refractivity contribution is -0.311. The van der Waals surface area contributed by atoms with Crippen molar-refractivity contribution in [3.05, 3.63) is 47.5 Å². The topological polar surface area (TPSA) is 155 Å². The number of carbonyl (C=O) groups excluding carboxylic acids is 1. The first-order chi connectivity index (χ1) is 17.3. The van der Waals surface area contributed by atoms with Crippen LogP contribution in [0.1, 0.15) is 30.4 Å².